The van der Waals surface area contributed by atoms with Crippen LogP contribution in [0.2, 0.25) is 0 Å². The summed E-state index contributed by atoms with van der Waals surface area (Å²) in [6, 6.07) is 0. The fraction of sp³-hybridized carbons (Fsp3) is 0.500. The van der Waals surface area contributed by atoms with Crippen LogP contribution < -0.4 is 5.73 Å². The number of primary amides is 1. The number of alkyl halides is 7. The first kappa shape index (κ1) is 13.7. The van der Waals surface area contributed by atoms with Crippen LogP contribution in [0.3, 0.4) is 0 Å². The van der Waals surface area contributed by atoms with E-state index in [4.69, 9.17) is 0 Å². The summed E-state index contributed by atoms with van der Waals surface area (Å²) in [6.07, 6.45) is -7.57. The Morgan fingerprint density at radius 3 is 1.67 bits per heavy atom. The molecule has 2 nitrogen and oxygen atoms in total. The minimum atomic E-state index is -6.42. The molecule has 0 radical (unpaired) electrons. The lowest BCUT2D eigenvalue weighted by atomic mass is 10.1. The van der Waals surface area contributed by atoms with Gasteiger partial charge in [-0.25, -0.2) is 0 Å². The second-order valence-electron chi connectivity index (χ2n) is 2.43. The number of carbonyl (C=O) groups is 1. The van der Waals surface area contributed by atoms with Crippen LogP contribution in [0.4, 0.5) is 30.7 Å². The summed E-state index contributed by atoms with van der Waals surface area (Å²) in [5, 5.41) is 0. The highest BCUT2D eigenvalue weighted by Gasteiger charge is 2.71. The zero-order valence-electron chi connectivity index (χ0n) is 6.79. The maximum Gasteiger partial charge on any atom is 0.460 e. The molecule has 0 aromatic heterocycles. The zero-order valence-corrected chi connectivity index (χ0v) is 6.79. The monoisotopic (exact) mass is 239 g/mol. The highest BCUT2D eigenvalue weighted by atomic mass is 19.4. The maximum absolute atomic E-state index is 12.3. The Morgan fingerprint density at radius 2 is 1.40 bits per heavy atom. The molecule has 0 atom stereocenters. The van der Waals surface area contributed by atoms with Gasteiger partial charge in [-0.15, -0.1) is 0 Å². The Hall–Kier alpha value is -1.28. The van der Waals surface area contributed by atoms with E-state index in [9.17, 15) is 35.5 Å². The number of amides is 1. The molecule has 0 aromatic rings. The number of hydrogen-bond acceptors (Lipinski definition) is 1. The average molecular weight is 239 g/mol. The normalized spacial score (nSPS) is 14.6. The van der Waals surface area contributed by atoms with Crippen LogP contribution in [0.15, 0.2) is 12.2 Å². The third-order valence-corrected chi connectivity index (χ3v) is 1.23. The van der Waals surface area contributed by atoms with Gasteiger partial charge in [0.2, 0.25) is 5.91 Å². The molecule has 9 heteroatoms. The van der Waals surface area contributed by atoms with Crippen molar-refractivity contribution in [3.63, 3.8) is 0 Å². The highest BCUT2D eigenvalue weighted by Crippen LogP contribution is 2.46. The summed E-state index contributed by atoms with van der Waals surface area (Å²) < 4.78 is 83.2. The molecule has 0 heterocycles. The first-order chi connectivity index (χ1) is 6.42. The topological polar surface area (TPSA) is 43.1 Å². The van der Waals surface area contributed by atoms with E-state index in [1.54, 1.807) is 0 Å². The van der Waals surface area contributed by atoms with Crippen LogP contribution >= 0.6 is 0 Å². The van der Waals surface area contributed by atoms with Crippen LogP contribution in [-0.2, 0) is 4.79 Å². The Bertz CT molecular complexity index is 280. The zero-order chi connectivity index (χ0) is 12.5. The predicted octanol–water partition coefficient (Wildman–Crippen LogP) is 1.86. The van der Waals surface area contributed by atoms with Gasteiger partial charge in [-0.05, 0) is 6.08 Å². The van der Waals surface area contributed by atoms with E-state index >= 15 is 0 Å². The van der Waals surface area contributed by atoms with Crippen molar-refractivity contribution in [2.75, 3.05) is 0 Å². The summed E-state index contributed by atoms with van der Waals surface area (Å²) in [5.41, 5.74) is 4.27. The van der Waals surface area contributed by atoms with Crippen molar-refractivity contribution in [1.82, 2.24) is 0 Å². The number of allylic oxidation sites excluding steroid dienone is 1. The molecule has 2 N–H and O–H groups in total. The number of rotatable bonds is 3. The highest BCUT2D eigenvalue weighted by molar-refractivity contribution is 5.85. The molecule has 88 valence electrons. The van der Waals surface area contributed by atoms with E-state index in [1.165, 1.54) is 0 Å². The molecule has 0 aliphatic rings. The lowest BCUT2D eigenvalue weighted by molar-refractivity contribution is -0.341. The average Bonchev–Trinajstić information content (AvgIpc) is 1.98. The number of hydrogen-bond donors (Lipinski definition) is 1. The summed E-state index contributed by atoms with van der Waals surface area (Å²) >= 11 is 0. The fourth-order valence-electron chi connectivity index (χ4n) is 0.480. The van der Waals surface area contributed by atoms with Crippen LogP contribution in [0.5, 0.6) is 0 Å². The van der Waals surface area contributed by atoms with Crippen molar-refractivity contribution in [3.8, 4) is 0 Å². The Kier molecular flexibility index (Phi) is 3.39. The summed E-state index contributed by atoms with van der Waals surface area (Å²) in [6.45, 7) is 0. The van der Waals surface area contributed by atoms with Gasteiger partial charge in [0, 0.05) is 6.08 Å². The van der Waals surface area contributed by atoms with Crippen molar-refractivity contribution in [1.29, 1.82) is 0 Å². The van der Waals surface area contributed by atoms with Crippen LogP contribution in [0.1, 0.15) is 0 Å². The van der Waals surface area contributed by atoms with Crippen molar-refractivity contribution in [3.05, 3.63) is 12.2 Å². The predicted molar refractivity (Wildman–Crippen MR) is 34.3 cm³/mol. The Morgan fingerprint density at radius 1 is 1.00 bits per heavy atom. The minimum absolute atomic E-state index is 0.264. The third-order valence-electron chi connectivity index (χ3n) is 1.23. The first-order valence-electron chi connectivity index (χ1n) is 3.23. The quantitative estimate of drug-likeness (QED) is 0.592. The van der Waals surface area contributed by atoms with Crippen LogP contribution in [-0.4, -0.2) is 23.9 Å². The second-order valence-corrected chi connectivity index (χ2v) is 2.43. The van der Waals surface area contributed by atoms with Gasteiger partial charge in [0.25, 0.3) is 0 Å². The molecule has 0 saturated carbocycles. The molecular weight excluding hydrogens is 235 g/mol. The van der Waals surface area contributed by atoms with E-state index < -0.39 is 30.0 Å². The molecular formula is C6H4F7NO. The van der Waals surface area contributed by atoms with Gasteiger partial charge in [-0.1, -0.05) is 0 Å². The second kappa shape index (κ2) is 3.70. The molecule has 0 aromatic carbocycles. The van der Waals surface area contributed by atoms with Gasteiger partial charge in [0.1, 0.15) is 0 Å². The van der Waals surface area contributed by atoms with Crippen LogP contribution in [0.25, 0.3) is 0 Å². The van der Waals surface area contributed by atoms with Crippen molar-refractivity contribution < 1.29 is 35.5 Å². The van der Waals surface area contributed by atoms with Gasteiger partial charge in [-0.3, -0.25) is 4.79 Å². The summed E-state index contributed by atoms with van der Waals surface area (Å²) in [5.74, 6) is -13.3. The van der Waals surface area contributed by atoms with Gasteiger partial charge in [0.05, 0.1) is 0 Å². The largest absolute Gasteiger partial charge is 0.460 e. The lowest BCUT2D eigenvalue weighted by Gasteiger charge is -2.25. The molecule has 0 spiro atoms. The van der Waals surface area contributed by atoms with Gasteiger partial charge >= 0.3 is 18.0 Å². The molecule has 0 rings (SSSR count). The summed E-state index contributed by atoms with van der Waals surface area (Å²) in [4.78, 5) is 9.90. The Balaban J connectivity index is 5.10. The van der Waals surface area contributed by atoms with Crippen molar-refractivity contribution in [2.24, 2.45) is 5.73 Å². The summed E-state index contributed by atoms with van der Waals surface area (Å²) in [7, 11) is 0. The maximum atomic E-state index is 12.3. The Labute approximate surface area is 78.5 Å². The van der Waals surface area contributed by atoms with E-state index in [0.29, 0.717) is 0 Å². The SMILES string of the molecule is NC(=O)/C=C/C(F)(F)C(F)(F)C(F)(F)F. The number of carbonyl (C=O) groups excluding carboxylic acids is 1. The number of halogens is 7. The fourth-order valence-corrected chi connectivity index (χ4v) is 0.480. The molecule has 0 bridgehead atoms. The minimum Gasteiger partial charge on any atom is -0.366 e. The third kappa shape index (κ3) is 2.83. The van der Waals surface area contributed by atoms with Crippen molar-refractivity contribution in [2.45, 2.75) is 18.0 Å². The van der Waals surface area contributed by atoms with Gasteiger partial charge < -0.3 is 5.73 Å². The standard InChI is InChI=1S/C6H4F7NO/c7-4(8,2-1-3(14)15)5(9,10)6(11,12)13/h1-2H,(H2,14,15)/b2-1+. The molecule has 0 aliphatic carbocycles. The molecule has 0 aliphatic heterocycles. The van der Waals surface area contributed by atoms with E-state index in [2.05, 4.69) is 5.73 Å². The van der Waals surface area contributed by atoms with Crippen LogP contribution in [0, 0.1) is 0 Å². The van der Waals surface area contributed by atoms with Crippen molar-refractivity contribution >= 4 is 5.91 Å². The van der Waals surface area contributed by atoms with E-state index in [1.807, 2.05) is 0 Å². The number of nitrogens with two attached hydrogens (primary N) is 1. The smallest absolute Gasteiger partial charge is 0.366 e. The van der Waals surface area contributed by atoms with E-state index in [-0.39, 0.29) is 6.08 Å². The van der Waals surface area contributed by atoms with Gasteiger partial charge in [0.15, 0.2) is 0 Å². The molecule has 15 heavy (non-hydrogen) atoms. The molecule has 0 fully saturated rings. The van der Waals surface area contributed by atoms with E-state index in [0.717, 1.165) is 0 Å². The van der Waals surface area contributed by atoms with Gasteiger partial charge in [-0.2, -0.15) is 30.7 Å². The lowest BCUT2D eigenvalue weighted by Crippen LogP contribution is -2.50. The first-order valence-corrected chi connectivity index (χ1v) is 3.23. The molecule has 1 amide bonds. The molecule has 0 unspecified atom stereocenters. The molecule has 0 saturated heterocycles.